The lowest BCUT2D eigenvalue weighted by Gasteiger charge is -2.11. The van der Waals surface area contributed by atoms with E-state index in [-0.39, 0.29) is 5.91 Å². The van der Waals surface area contributed by atoms with Crippen molar-refractivity contribution in [2.75, 3.05) is 5.32 Å². The Hall–Kier alpha value is -3.11. The minimum atomic E-state index is -0.121. The van der Waals surface area contributed by atoms with Crippen LogP contribution in [0.4, 0.5) is 5.69 Å². The Balaban J connectivity index is 1.57. The molecule has 1 aromatic heterocycles. The van der Waals surface area contributed by atoms with E-state index in [1.165, 1.54) is 5.56 Å². The summed E-state index contributed by atoms with van der Waals surface area (Å²) in [5.41, 5.74) is 3.42. The third kappa shape index (κ3) is 4.01. The molecule has 1 amide bonds. The fourth-order valence-corrected chi connectivity index (χ4v) is 3.92. The van der Waals surface area contributed by atoms with Crippen LogP contribution in [-0.4, -0.2) is 10.9 Å². The number of carbonyl (C=O) groups excluding carboxylic acids is 1. The van der Waals surface area contributed by atoms with E-state index in [0.717, 1.165) is 27.2 Å². The van der Waals surface area contributed by atoms with Gasteiger partial charge in [0.1, 0.15) is 0 Å². The molecule has 3 nitrogen and oxygen atoms in total. The molecule has 1 N–H and O–H groups in total. The molecule has 4 heteroatoms. The number of anilines is 1. The van der Waals surface area contributed by atoms with Crippen LogP contribution in [0.1, 0.15) is 15.9 Å². The molecule has 1 heterocycles. The second-order valence-electron chi connectivity index (χ2n) is 6.11. The zero-order valence-electron chi connectivity index (χ0n) is 14.6. The number of hydrogen-bond acceptors (Lipinski definition) is 3. The van der Waals surface area contributed by atoms with Crippen LogP contribution in [0, 0.1) is 0 Å². The highest BCUT2D eigenvalue weighted by molar-refractivity contribution is 7.98. The minimum Gasteiger partial charge on any atom is -0.320 e. The molecule has 0 radical (unpaired) electrons. The predicted octanol–water partition coefficient (Wildman–Crippen LogP) is 5.78. The van der Waals surface area contributed by atoms with E-state index in [1.807, 2.05) is 72.8 Å². The average molecular weight is 370 g/mol. The highest BCUT2D eigenvalue weighted by Crippen LogP contribution is 2.28. The molecule has 27 heavy (non-hydrogen) atoms. The van der Waals surface area contributed by atoms with Crippen molar-refractivity contribution in [3.63, 3.8) is 0 Å². The number of rotatable bonds is 5. The quantitative estimate of drug-likeness (QED) is 0.453. The Bertz CT molecular complexity index is 1070. The lowest BCUT2D eigenvalue weighted by Crippen LogP contribution is -2.13. The van der Waals surface area contributed by atoms with E-state index < -0.39 is 0 Å². The van der Waals surface area contributed by atoms with Crippen LogP contribution in [-0.2, 0) is 5.75 Å². The molecule has 4 rings (SSSR count). The third-order valence-corrected chi connectivity index (χ3v) is 5.39. The number of para-hydroxylation sites is 1. The highest BCUT2D eigenvalue weighted by Gasteiger charge is 2.13. The lowest BCUT2D eigenvalue weighted by atomic mass is 10.1. The normalized spacial score (nSPS) is 10.7. The molecule has 0 bridgehead atoms. The molecule has 0 spiro atoms. The van der Waals surface area contributed by atoms with E-state index in [4.69, 9.17) is 0 Å². The first kappa shape index (κ1) is 17.3. The van der Waals surface area contributed by atoms with Crippen molar-refractivity contribution >= 4 is 34.3 Å². The van der Waals surface area contributed by atoms with E-state index in [1.54, 1.807) is 18.0 Å². The molecule has 0 aliphatic rings. The molecule has 0 aliphatic heterocycles. The standard InChI is InChI=1S/C23H18N2OS/c26-23(25-20-13-6-10-18-11-7-15-24-22(18)20)19-12-4-5-14-21(19)27-16-17-8-2-1-3-9-17/h1-15H,16H2,(H,25,26). The lowest BCUT2D eigenvalue weighted by molar-refractivity contribution is 0.102. The Morgan fingerprint density at radius 3 is 2.52 bits per heavy atom. The number of aromatic nitrogens is 1. The van der Waals surface area contributed by atoms with Crippen LogP contribution < -0.4 is 5.32 Å². The molecule has 0 unspecified atom stereocenters. The monoisotopic (exact) mass is 370 g/mol. The van der Waals surface area contributed by atoms with Gasteiger partial charge in [-0.3, -0.25) is 9.78 Å². The third-order valence-electron chi connectivity index (χ3n) is 4.25. The number of fused-ring (bicyclic) bond motifs is 1. The maximum Gasteiger partial charge on any atom is 0.256 e. The fourth-order valence-electron chi connectivity index (χ4n) is 2.91. The van der Waals surface area contributed by atoms with E-state index in [9.17, 15) is 4.79 Å². The number of hydrogen-bond donors (Lipinski definition) is 1. The average Bonchev–Trinajstić information content (AvgIpc) is 2.73. The van der Waals surface area contributed by atoms with E-state index in [0.29, 0.717) is 5.56 Å². The first-order valence-electron chi connectivity index (χ1n) is 8.72. The van der Waals surface area contributed by atoms with Crippen LogP contribution >= 0.6 is 11.8 Å². The molecule has 0 atom stereocenters. The smallest absolute Gasteiger partial charge is 0.256 e. The summed E-state index contributed by atoms with van der Waals surface area (Å²) in [6.07, 6.45) is 1.74. The van der Waals surface area contributed by atoms with E-state index in [2.05, 4.69) is 22.4 Å². The SMILES string of the molecule is O=C(Nc1cccc2cccnc12)c1ccccc1SCc1ccccc1. The van der Waals surface area contributed by atoms with Crippen LogP contribution in [0.2, 0.25) is 0 Å². The van der Waals surface area contributed by atoms with Crippen molar-refractivity contribution in [2.45, 2.75) is 10.6 Å². The summed E-state index contributed by atoms with van der Waals surface area (Å²) in [4.78, 5) is 18.3. The van der Waals surface area contributed by atoms with Crippen LogP contribution in [0.5, 0.6) is 0 Å². The van der Waals surface area contributed by atoms with Gasteiger partial charge < -0.3 is 5.32 Å². The topological polar surface area (TPSA) is 42.0 Å². The molecule has 0 saturated carbocycles. The number of nitrogens with zero attached hydrogens (tertiary/aromatic N) is 1. The number of benzene rings is 3. The Morgan fingerprint density at radius 1 is 0.852 bits per heavy atom. The van der Waals surface area contributed by atoms with Gasteiger partial charge in [0, 0.05) is 22.2 Å². The second-order valence-corrected chi connectivity index (χ2v) is 7.12. The molecular weight excluding hydrogens is 352 g/mol. The zero-order valence-corrected chi connectivity index (χ0v) is 15.4. The molecule has 4 aromatic rings. The summed E-state index contributed by atoms with van der Waals surface area (Å²) in [7, 11) is 0. The first-order valence-corrected chi connectivity index (χ1v) is 9.71. The zero-order chi connectivity index (χ0) is 18.5. The summed E-state index contributed by atoms with van der Waals surface area (Å²) >= 11 is 1.67. The molecule has 0 aliphatic carbocycles. The van der Waals surface area contributed by atoms with Gasteiger partial charge in [-0.15, -0.1) is 11.8 Å². The number of carbonyl (C=O) groups is 1. The minimum absolute atomic E-state index is 0.121. The van der Waals surface area contributed by atoms with Crippen molar-refractivity contribution in [1.29, 1.82) is 0 Å². The van der Waals surface area contributed by atoms with Gasteiger partial charge in [0.2, 0.25) is 0 Å². The molecule has 0 fully saturated rings. The fraction of sp³-hybridized carbons (Fsp3) is 0.0435. The largest absolute Gasteiger partial charge is 0.320 e. The van der Waals surface area contributed by atoms with Crippen molar-refractivity contribution in [2.24, 2.45) is 0 Å². The van der Waals surface area contributed by atoms with Gasteiger partial charge in [-0.2, -0.15) is 0 Å². The number of pyridine rings is 1. The van der Waals surface area contributed by atoms with Gasteiger partial charge >= 0.3 is 0 Å². The highest BCUT2D eigenvalue weighted by atomic mass is 32.2. The molecule has 132 valence electrons. The second kappa shape index (κ2) is 8.06. The van der Waals surface area contributed by atoms with Gasteiger partial charge in [0.15, 0.2) is 0 Å². The molecular formula is C23H18N2OS. The number of nitrogens with one attached hydrogen (secondary N) is 1. The van der Waals surface area contributed by atoms with Crippen molar-refractivity contribution in [1.82, 2.24) is 4.98 Å². The van der Waals surface area contributed by atoms with Gasteiger partial charge in [-0.25, -0.2) is 0 Å². The maximum absolute atomic E-state index is 12.9. The van der Waals surface area contributed by atoms with Crippen LogP contribution in [0.15, 0.2) is 96.0 Å². The van der Waals surface area contributed by atoms with Gasteiger partial charge in [0.05, 0.1) is 16.8 Å². The molecule has 3 aromatic carbocycles. The van der Waals surface area contributed by atoms with Crippen LogP contribution in [0.25, 0.3) is 10.9 Å². The first-order chi connectivity index (χ1) is 13.3. The number of thioether (sulfide) groups is 1. The summed E-state index contributed by atoms with van der Waals surface area (Å²) in [6.45, 7) is 0. The van der Waals surface area contributed by atoms with E-state index >= 15 is 0 Å². The maximum atomic E-state index is 12.9. The Morgan fingerprint density at radius 2 is 1.63 bits per heavy atom. The van der Waals surface area contributed by atoms with Crippen molar-refractivity contribution in [3.8, 4) is 0 Å². The van der Waals surface area contributed by atoms with Crippen LogP contribution in [0.3, 0.4) is 0 Å². The summed E-state index contributed by atoms with van der Waals surface area (Å²) in [5.74, 6) is 0.699. The summed E-state index contributed by atoms with van der Waals surface area (Å²) in [5, 5.41) is 4.03. The Kier molecular flexibility index (Phi) is 5.17. The summed E-state index contributed by atoms with van der Waals surface area (Å²) < 4.78 is 0. The van der Waals surface area contributed by atoms with Crippen molar-refractivity contribution < 1.29 is 4.79 Å². The van der Waals surface area contributed by atoms with Gasteiger partial charge in [-0.05, 0) is 29.8 Å². The van der Waals surface area contributed by atoms with Gasteiger partial charge in [-0.1, -0.05) is 60.7 Å². The van der Waals surface area contributed by atoms with Gasteiger partial charge in [0.25, 0.3) is 5.91 Å². The molecule has 0 saturated heterocycles. The Labute approximate surface area is 162 Å². The predicted molar refractivity (Wildman–Crippen MR) is 112 cm³/mol. The number of amides is 1. The summed E-state index contributed by atoms with van der Waals surface area (Å²) in [6, 6.07) is 27.6. The van der Waals surface area contributed by atoms with Crippen molar-refractivity contribution in [3.05, 3.63) is 102 Å².